The van der Waals surface area contributed by atoms with Crippen molar-refractivity contribution in [2.45, 2.75) is 83.5 Å². The summed E-state index contributed by atoms with van der Waals surface area (Å²) in [6, 6.07) is 0. The molecule has 1 aliphatic heterocycles. The molecule has 2 heteroatoms. The summed E-state index contributed by atoms with van der Waals surface area (Å²) >= 11 is 0. The lowest BCUT2D eigenvalue weighted by molar-refractivity contribution is 0.290. The molecule has 0 aromatic rings. The molecule has 138 valence electrons. The van der Waals surface area contributed by atoms with Gasteiger partial charge in [-0.2, -0.15) is 0 Å². The third-order valence-electron chi connectivity index (χ3n) is 4.77. The maximum atomic E-state index is 3.69. The molecule has 2 nitrogen and oxygen atoms in total. The maximum absolute atomic E-state index is 3.69. The molecule has 0 saturated carbocycles. The molecule has 0 atom stereocenters. The Labute approximate surface area is 151 Å². The predicted octanol–water partition coefficient (Wildman–Crippen LogP) is 6.48. The quantitative estimate of drug-likeness (QED) is 0.236. The third-order valence-corrected chi connectivity index (χ3v) is 4.77. The molecular formula is C22H40N2. The van der Waals surface area contributed by atoms with Crippen molar-refractivity contribution in [3.8, 4) is 0 Å². The van der Waals surface area contributed by atoms with Crippen molar-refractivity contribution in [2.75, 3.05) is 20.3 Å². The van der Waals surface area contributed by atoms with Crippen LogP contribution in [0.25, 0.3) is 0 Å². The van der Waals surface area contributed by atoms with Crippen LogP contribution >= 0.6 is 0 Å². The van der Waals surface area contributed by atoms with E-state index in [0.717, 1.165) is 6.67 Å². The van der Waals surface area contributed by atoms with Crippen molar-refractivity contribution in [3.05, 3.63) is 37.2 Å². The first-order valence-corrected chi connectivity index (χ1v) is 10.2. The number of nitrogens with zero attached hydrogens (tertiary/aromatic N) is 2. The van der Waals surface area contributed by atoms with E-state index in [9.17, 15) is 0 Å². The Kier molecular flexibility index (Phi) is 13.3. The zero-order chi connectivity index (χ0) is 17.3. The molecule has 0 aromatic heterocycles. The Balaban J connectivity index is 1.70. The Hall–Kier alpha value is -1.18. The topological polar surface area (TPSA) is 6.48 Å². The number of hydrogen-bond donors (Lipinski definition) is 0. The van der Waals surface area contributed by atoms with Crippen LogP contribution < -0.4 is 0 Å². The molecular weight excluding hydrogens is 292 g/mol. The van der Waals surface area contributed by atoms with Crippen molar-refractivity contribution in [1.29, 1.82) is 0 Å². The van der Waals surface area contributed by atoms with Crippen LogP contribution in [0.5, 0.6) is 0 Å². The van der Waals surface area contributed by atoms with Gasteiger partial charge in [-0.25, -0.2) is 0 Å². The molecule has 0 N–H and O–H groups in total. The molecule has 1 rings (SSSR count). The molecule has 0 aromatic carbocycles. The van der Waals surface area contributed by atoms with E-state index in [0.29, 0.717) is 0 Å². The van der Waals surface area contributed by atoms with Gasteiger partial charge in [0.05, 0.1) is 6.67 Å². The SMILES string of the molecule is C=CC=CCCCCCCCCCCCCCCN1C=CN(C)C1. The highest BCUT2D eigenvalue weighted by molar-refractivity contribution is 4.96. The van der Waals surface area contributed by atoms with Gasteiger partial charge in [-0.1, -0.05) is 89.0 Å². The van der Waals surface area contributed by atoms with Crippen molar-refractivity contribution >= 4 is 0 Å². The minimum atomic E-state index is 1.07. The zero-order valence-corrected chi connectivity index (χ0v) is 16.1. The van der Waals surface area contributed by atoms with Crippen LogP contribution in [0, 0.1) is 0 Å². The number of rotatable bonds is 16. The average Bonchev–Trinajstić information content (AvgIpc) is 3.00. The summed E-state index contributed by atoms with van der Waals surface area (Å²) in [6.07, 6.45) is 28.7. The van der Waals surface area contributed by atoms with Crippen LogP contribution in [0.4, 0.5) is 0 Å². The highest BCUT2D eigenvalue weighted by Gasteiger charge is 2.06. The first kappa shape index (κ1) is 20.9. The van der Waals surface area contributed by atoms with Crippen molar-refractivity contribution < 1.29 is 0 Å². The summed E-state index contributed by atoms with van der Waals surface area (Å²) in [6.45, 7) is 5.99. The molecule has 0 spiro atoms. The van der Waals surface area contributed by atoms with E-state index < -0.39 is 0 Å². The van der Waals surface area contributed by atoms with Gasteiger partial charge < -0.3 is 9.80 Å². The molecule has 1 heterocycles. The van der Waals surface area contributed by atoms with Crippen LogP contribution in [-0.4, -0.2) is 30.1 Å². The normalized spacial score (nSPS) is 14.2. The second-order valence-corrected chi connectivity index (χ2v) is 7.20. The summed E-state index contributed by atoms with van der Waals surface area (Å²) in [7, 11) is 2.14. The largest absolute Gasteiger partial charge is 0.362 e. The summed E-state index contributed by atoms with van der Waals surface area (Å²) in [4.78, 5) is 4.65. The van der Waals surface area contributed by atoms with E-state index in [-0.39, 0.29) is 0 Å². The van der Waals surface area contributed by atoms with Crippen LogP contribution in [0.15, 0.2) is 37.2 Å². The van der Waals surface area contributed by atoms with Gasteiger partial charge >= 0.3 is 0 Å². The molecule has 0 saturated heterocycles. The van der Waals surface area contributed by atoms with E-state index in [1.54, 1.807) is 0 Å². The first-order chi connectivity index (χ1) is 11.8. The number of unbranched alkanes of at least 4 members (excludes halogenated alkanes) is 12. The van der Waals surface area contributed by atoms with Crippen molar-refractivity contribution in [2.24, 2.45) is 0 Å². The second-order valence-electron chi connectivity index (χ2n) is 7.20. The molecule has 0 amide bonds. The van der Waals surface area contributed by atoms with E-state index in [1.807, 2.05) is 6.08 Å². The molecule has 1 aliphatic rings. The van der Waals surface area contributed by atoms with E-state index in [1.165, 1.54) is 90.0 Å². The summed E-state index contributed by atoms with van der Waals surface area (Å²) in [5, 5.41) is 0. The second kappa shape index (κ2) is 15.4. The van der Waals surface area contributed by atoms with E-state index >= 15 is 0 Å². The van der Waals surface area contributed by atoms with Crippen molar-refractivity contribution in [3.63, 3.8) is 0 Å². The average molecular weight is 333 g/mol. The Morgan fingerprint density at radius 2 is 1.33 bits per heavy atom. The van der Waals surface area contributed by atoms with Crippen molar-refractivity contribution in [1.82, 2.24) is 9.80 Å². The Bertz CT molecular complexity index is 346. The van der Waals surface area contributed by atoms with Gasteiger partial charge in [0.15, 0.2) is 0 Å². The number of allylic oxidation sites excluding steroid dienone is 3. The van der Waals surface area contributed by atoms with E-state index in [2.05, 4.69) is 48.0 Å². The molecule has 0 radical (unpaired) electrons. The molecule has 0 bridgehead atoms. The minimum absolute atomic E-state index is 1.07. The van der Waals surface area contributed by atoms with Gasteiger partial charge in [-0.15, -0.1) is 0 Å². The van der Waals surface area contributed by atoms with Gasteiger partial charge in [-0.3, -0.25) is 0 Å². The van der Waals surface area contributed by atoms with Crippen LogP contribution in [0.2, 0.25) is 0 Å². The monoisotopic (exact) mass is 332 g/mol. The van der Waals surface area contributed by atoms with Crippen LogP contribution in [0.1, 0.15) is 83.5 Å². The standard InChI is InChI=1S/C22H40N2/c1-3-4-5-6-7-8-9-10-11-12-13-14-15-16-17-18-19-24-21-20-23(2)22-24/h3-5,20-21H,1,6-19,22H2,2H3. The first-order valence-electron chi connectivity index (χ1n) is 10.2. The minimum Gasteiger partial charge on any atom is -0.362 e. The van der Waals surface area contributed by atoms with Crippen LogP contribution in [0.3, 0.4) is 0 Å². The number of hydrogen-bond acceptors (Lipinski definition) is 2. The van der Waals surface area contributed by atoms with Gasteiger partial charge in [0.2, 0.25) is 0 Å². The fourth-order valence-electron chi connectivity index (χ4n) is 3.27. The smallest absolute Gasteiger partial charge is 0.0890 e. The lowest BCUT2D eigenvalue weighted by Gasteiger charge is -2.17. The summed E-state index contributed by atoms with van der Waals surface area (Å²) < 4.78 is 0. The fraction of sp³-hybridized carbons (Fsp3) is 0.727. The van der Waals surface area contributed by atoms with Gasteiger partial charge in [0, 0.05) is 26.0 Å². The van der Waals surface area contributed by atoms with Gasteiger partial charge in [0.1, 0.15) is 0 Å². The van der Waals surface area contributed by atoms with E-state index in [4.69, 9.17) is 0 Å². The molecule has 0 fully saturated rings. The molecule has 0 aliphatic carbocycles. The molecule has 24 heavy (non-hydrogen) atoms. The fourth-order valence-corrected chi connectivity index (χ4v) is 3.27. The lowest BCUT2D eigenvalue weighted by atomic mass is 10.0. The zero-order valence-electron chi connectivity index (χ0n) is 16.1. The molecule has 0 unspecified atom stereocenters. The van der Waals surface area contributed by atoms with Gasteiger partial charge in [-0.05, 0) is 19.3 Å². The summed E-state index contributed by atoms with van der Waals surface area (Å²) in [5.74, 6) is 0. The highest BCUT2D eigenvalue weighted by Crippen LogP contribution is 2.13. The predicted molar refractivity (Wildman–Crippen MR) is 108 cm³/mol. The highest BCUT2D eigenvalue weighted by atomic mass is 15.3. The Morgan fingerprint density at radius 3 is 1.83 bits per heavy atom. The lowest BCUT2D eigenvalue weighted by Crippen LogP contribution is -2.23. The Morgan fingerprint density at radius 1 is 0.792 bits per heavy atom. The van der Waals surface area contributed by atoms with Gasteiger partial charge in [0.25, 0.3) is 0 Å². The summed E-state index contributed by atoms with van der Waals surface area (Å²) in [5.41, 5.74) is 0. The van der Waals surface area contributed by atoms with Crippen LogP contribution in [-0.2, 0) is 0 Å². The third kappa shape index (κ3) is 12.3. The maximum Gasteiger partial charge on any atom is 0.0890 e.